The predicted octanol–water partition coefficient (Wildman–Crippen LogP) is 3.27. The van der Waals surface area contributed by atoms with Gasteiger partial charge in [0.05, 0.1) is 15.5 Å². The molecule has 1 amide bonds. The van der Waals surface area contributed by atoms with E-state index >= 15 is 0 Å². The van der Waals surface area contributed by atoms with Gasteiger partial charge in [-0.2, -0.15) is 0 Å². The second-order valence-corrected chi connectivity index (χ2v) is 8.15. The van der Waals surface area contributed by atoms with Crippen molar-refractivity contribution in [3.63, 3.8) is 0 Å². The Morgan fingerprint density at radius 2 is 1.84 bits per heavy atom. The third kappa shape index (κ3) is 5.04. The van der Waals surface area contributed by atoms with Gasteiger partial charge in [-0.3, -0.25) is 4.79 Å². The highest BCUT2D eigenvalue weighted by Gasteiger charge is 2.19. The van der Waals surface area contributed by atoms with Crippen LogP contribution in [0.25, 0.3) is 0 Å². The molecule has 0 saturated heterocycles. The van der Waals surface area contributed by atoms with E-state index < -0.39 is 15.9 Å². The van der Waals surface area contributed by atoms with E-state index in [1.807, 2.05) is 31.2 Å². The summed E-state index contributed by atoms with van der Waals surface area (Å²) in [5, 5.41) is 2.98. The minimum atomic E-state index is -3.69. The van der Waals surface area contributed by atoms with Crippen LogP contribution in [0.2, 0.25) is 5.02 Å². The molecule has 0 atom stereocenters. The van der Waals surface area contributed by atoms with Crippen LogP contribution in [0.15, 0.2) is 47.4 Å². The summed E-state index contributed by atoms with van der Waals surface area (Å²) in [6.07, 6.45) is 0. The van der Waals surface area contributed by atoms with E-state index in [-0.39, 0.29) is 21.5 Å². The third-order valence-corrected chi connectivity index (χ3v) is 5.57. The number of halogens is 1. The Bertz CT molecular complexity index is 880. The van der Waals surface area contributed by atoms with Crippen LogP contribution in [0, 0.1) is 6.92 Å². The zero-order chi connectivity index (χ0) is 18.6. The number of hydrogen-bond donors (Lipinski definition) is 2. The molecule has 7 heteroatoms. The SMILES string of the molecule is Cc1ccccc1CNC(=O)c1cc(S(=O)(=O)NC(C)C)ccc1Cl. The Morgan fingerprint density at radius 3 is 2.48 bits per heavy atom. The number of rotatable bonds is 6. The maximum Gasteiger partial charge on any atom is 0.253 e. The zero-order valence-corrected chi connectivity index (χ0v) is 15.9. The Kier molecular flexibility index (Phi) is 6.21. The van der Waals surface area contributed by atoms with E-state index in [0.717, 1.165) is 11.1 Å². The molecule has 2 aromatic rings. The number of amides is 1. The van der Waals surface area contributed by atoms with Gasteiger partial charge in [-0.15, -0.1) is 0 Å². The van der Waals surface area contributed by atoms with Crippen LogP contribution in [0.5, 0.6) is 0 Å². The van der Waals surface area contributed by atoms with Crippen molar-refractivity contribution in [3.05, 3.63) is 64.2 Å². The van der Waals surface area contributed by atoms with Gasteiger partial charge in [-0.05, 0) is 50.1 Å². The van der Waals surface area contributed by atoms with Crippen molar-refractivity contribution in [3.8, 4) is 0 Å². The van der Waals surface area contributed by atoms with Crippen molar-refractivity contribution in [2.24, 2.45) is 0 Å². The highest BCUT2D eigenvalue weighted by atomic mass is 35.5. The molecule has 0 aliphatic carbocycles. The Morgan fingerprint density at radius 1 is 1.16 bits per heavy atom. The van der Waals surface area contributed by atoms with Crippen molar-refractivity contribution in [2.75, 3.05) is 0 Å². The molecule has 25 heavy (non-hydrogen) atoms. The van der Waals surface area contributed by atoms with Gasteiger partial charge < -0.3 is 5.32 Å². The first-order valence-corrected chi connectivity index (χ1v) is 9.71. The number of nitrogens with one attached hydrogen (secondary N) is 2. The first-order chi connectivity index (χ1) is 11.7. The molecule has 2 rings (SSSR count). The molecule has 0 heterocycles. The van der Waals surface area contributed by atoms with E-state index in [1.54, 1.807) is 13.8 Å². The lowest BCUT2D eigenvalue weighted by Gasteiger charge is -2.12. The summed E-state index contributed by atoms with van der Waals surface area (Å²) >= 11 is 6.08. The van der Waals surface area contributed by atoms with E-state index in [4.69, 9.17) is 11.6 Å². The predicted molar refractivity (Wildman–Crippen MR) is 99.3 cm³/mol. The van der Waals surface area contributed by atoms with Gasteiger partial charge in [-0.25, -0.2) is 13.1 Å². The van der Waals surface area contributed by atoms with Crippen molar-refractivity contribution in [2.45, 2.75) is 38.3 Å². The third-order valence-electron chi connectivity index (χ3n) is 3.58. The second kappa shape index (κ2) is 7.99. The molecule has 0 aromatic heterocycles. The van der Waals surface area contributed by atoms with Crippen molar-refractivity contribution < 1.29 is 13.2 Å². The molecular weight excluding hydrogens is 360 g/mol. The van der Waals surface area contributed by atoms with E-state index in [0.29, 0.717) is 6.54 Å². The van der Waals surface area contributed by atoms with Gasteiger partial charge in [0.25, 0.3) is 5.91 Å². The van der Waals surface area contributed by atoms with Crippen molar-refractivity contribution >= 4 is 27.5 Å². The fraction of sp³-hybridized carbons (Fsp3) is 0.278. The van der Waals surface area contributed by atoms with Crippen molar-refractivity contribution in [1.29, 1.82) is 0 Å². The number of sulfonamides is 1. The first-order valence-electron chi connectivity index (χ1n) is 7.85. The number of hydrogen-bond acceptors (Lipinski definition) is 3. The van der Waals surface area contributed by atoms with Gasteiger partial charge in [0.1, 0.15) is 0 Å². The van der Waals surface area contributed by atoms with Crippen LogP contribution in [-0.2, 0) is 16.6 Å². The number of carbonyl (C=O) groups excluding carboxylic acids is 1. The highest BCUT2D eigenvalue weighted by Crippen LogP contribution is 2.21. The average molecular weight is 381 g/mol. The van der Waals surface area contributed by atoms with Crippen LogP contribution < -0.4 is 10.0 Å². The molecule has 134 valence electrons. The first kappa shape index (κ1) is 19.4. The zero-order valence-electron chi connectivity index (χ0n) is 14.3. The van der Waals surface area contributed by atoms with Crippen molar-refractivity contribution in [1.82, 2.24) is 10.0 Å². The molecule has 0 aliphatic rings. The van der Waals surface area contributed by atoms with Gasteiger partial charge in [0.2, 0.25) is 10.0 Å². The molecule has 5 nitrogen and oxygen atoms in total. The molecule has 0 radical (unpaired) electrons. The van der Waals surface area contributed by atoms with E-state index in [9.17, 15) is 13.2 Å². The second-order valence-electron chi connectivity index (χ2n) is 6.03. The monoisotopic (exact) mass is 380 g/mol. The number of aryl methyl sites for hydroxylation is 1. The standard InChI is InChI=1S/C18H21ClN2O3S/c1-12(2)21-25(23,24)15-8-9-17(19)16(10-15)18(22)20-11-14-7-5-4-6-13(14)3/h4-10,12,21H,11H2,1-3H3,(H,20,22). The maximum absolute atomic E-state index is 12.4. The Balaban J connectivity index is 2.22. The summed E-state index contributed by atoms with van der Waals surface area (Å²) in [5.41, 5.74) is 2.17. The lowest BCUT2D eigenvalue weighted by Crippen LogP contribution is -2.30. The molecule has 0 aliphatic heterocycles. The van der Waals surface area contributed by atoms with Gasteiger partial charge in [0, 0.05) is 12.6 Å². The molecule has 0 spiro atoms. The van der Waals surface area contributed by atoms with Crippen LogP contribution in [0.3, 0.4) is 0 Å². The molecule has 0 fully saturated rings. The normalized spacial score (nSPS) is 11.6. The average Bonchev–Trinajstić information content (AvgIpc) is 2.53. The fourth-order valence-electron chi connectivity index (χ4n) is 2.30. The van der Waals surface area contributed by atoms with Gasteiger partial charge >= 0.3 is 0 Å². The van der Waals surface area contributed by atoms with Crippen LogP contribution in [-0.4, -0.2) is 20.4 Å². The molecule has 0 saturated carbocycles. The van der Waals surface area contributed by atoms with E-state index in [2.05, 4.69) is 10.0 Å². The summed E-state index contributed by atoms with van der Waals surface area (Å²) < 4.78 is 27.0. The summed E-state index contributed by atoms with van der Waals surface area (Å²) in [7, 11) is -3.69. The van der Waals surface area contributed by atoms with Crippen LogP contribution in [0.4, 0.5) is 0 Å². The summed E-state index contributed by atoms with van der Waals surface area (Å²) in [5.74, 6) is -0.421. The Labute approximate surface area is 153 Å². The molecule has 0 unspecified atom stereocenters. The quantitative estimate of drug-likeness (QED) is 0.807. The maximum atomic E-state index is 12.4. The smallest absolute Gasteiger partial charge is 0.253 e. The molecule has 2 aromatic carbocycles. The van der Waals surface area contributed by atoms with Gasteiger partial charge in [-0.1, -0.05) is 35.9 Å². The topological polar surface area (TPSA) is 75.3 Å². The molecule has 0 bridgehead atoms. The summed E-state index contributed by atoms with van der Waals surface area (Å²) in [4.78, 5) is 12.4. The fourth-order valence-corrected chi connectivity index (χ4v) is 3.78. The minimum Gasteiger partial charge on any atom is -0.348 e. The largest absolute Gasteiger partial charge is 0.348 e. The molecule has 2 N–H and O–H groups in total. The highest BCUT2D eigenvalue weighted by molar-refractivity contribution is 7.89. The van der Waals surface area contributed by atoms with E-state index in [1.165, 1.54) is 18.2 Å². The van der Waals surface area contributed by atoms with Crippen LogP contribution >= 0.6 is 11.6 Å². The number of carbonyl (C=O) groups is 1. The van der Waals surface area contributed by atoms with Gasteiger partial charge in [0.15, 0.2) is 0 Å². The summed E-state index contributed by atoms with van der Waals surface area (Å²) in [6, 6.07) is 11.5. The molecular formula is C18H21ClN2O3S. The lowest BCUT2D eigenvalue weighted by molar-refractivity contribution is 0.0951. The van der Waals surface area contributed by atoms with Crippen LogP contribution in [0.1, 0.15) is 35.3 Å². The lowest BCUT2D eigenvalue weighted by atomic mass is 10.1. The number of benzene rings is 2. The minimum absolute atomic E-state index is 0.00615. The Hall–Kier alpha value is -1.89. The summed E-state index contributed by atoms with van der Waals surface area (Å²) in [6.45, 7) is 5.74.